The predicted octanol–water partition coefficient (Wildman–Crippen LogP) is 5.69. The third-order valence-corrected chi connectivity index (χ3v) is 5.99. The molecule has 6 rings (SSSR count). The molecular weight excluding hydrogens is 431 g/mol. The van der Waals surface area contributed by atoms with Gasteiger partial charge < -0.3 is 9.72 Å². The molecule has 166 valence electrons. The van der Waals surface area contributed by atoms with Crippen molar-refractivity contribution in [2.45, 2.75) is 6.92 Å². The third-order valence-electron chi connectivity index (χ3n) is 5.99. The average Bonchev–Trinajstić information content (AvgIpc) is 3.47. The molecular formula is C26H19FN6O. The van der Waals surface area contributed by atoms with Gasteiger partial charge in [-0.2, -0.15) is 5.10 Å². The molecule has 34 heavy (non-hydrogen) atoms. The molecule has 0 fully saturated rings. The molecule has 0 saturated heterocycles. The van der Waals surface area contributed by atoms with E-state index in [2.05, 4.69) is 36.2 Å². The van der Waals surface area contributed by atoms with E-state index in [1.54, 1.807) is 24.7 Å². The highest BCUT2D eigenvalue weighted by molar-refractivity contribution is 6.00. The number of hydrogen-bond donors (Lipinski definition) is 2. The number of aromatic amines is 2. The molecule has 2 N–H and O–H groups in total. The molecule has 7 nitrogen and oxygen atoms in total. The molecule has 0 saturated carbocycles. The summed E-state index contributed by atoms with van der Waals surface area (Å²) in [4.78, 5) is 16.6. The molecule has 5 aromatic heterocycles. The quantitative estimate of drug-likeness (QED) is 0.360. The zero-order chi connectivity index (χ0) is 23.2. The first-order valence-corrected chi connectivity index (χ1v) is 10.7. The molecule has 0 spiro atoms. The van der Waals surface area contributed by atoms with Crippen LogP contribution in [0, 0.1) is 12.7 Å². The number of halogens is 1. The van der Waals surface area contributed by atoms with Crippen molar-refractivity contribution in [3.8, 4) is 39.4 Å². The Bertz CT molecular complexity index is 1690. The maximum absolute atomic E-state index is 14.2. The Morgan fingerprint density at radius 3 is 2.62 bits per heavy atom. The summed E-state index contributed by atoms with van der Waals surface area (Å²) in [5.74, 6) is 0.0811. The number of hydrogen-bond acceptors (Lipinski definition) is 5. The van der Waals surface area contributed by atoms with E-state index in [-0.39, 0.29) is 5.82 Å². The van der Waals surface area contributed by atoms with Crippen molar-refractivity contribution in [1.82, 2.24) is 30.1 Å². The standard InChI is InChI=1S/C26H19FN6O/c1-14-3-4-28-11-21(14)16-7-20-25(32-33-26(20)30-10-16)23-9-19-22(12-29-13-24(19)31-23)15-5-17(27)8-18(6-15)34-2/h3-13,31H,1-2H3,(H,30,32,33). The van der Waals surface area contributed by atoms with Crippen LogP contribution in [0.4, 0.5) is 4.39 Å². The van der Waals surface area contributed by atoms with Crippen molar-refractivity contribution < 1.29 is 9.13 Å². The van der Waals surface area contributed by atoms with E-state index in [1.165, 1.54) is 19.2 Å². The van der Waals surface area contributed by atoms with Crippen LogP contribution in [0.5, 0.6) is 5.75 Å². The summed E-state index contributed by atoms with van der Waals surface area (Å²) in [6.07, 6.45) is 8.90. The molecule has 8 heteroatoms. The van der Waals surface area contributed by atoms with Crippen molar-refractivity contribution in [3.05, 3.63) is 78.8 Å². The predicted molar refractivity (Wildman–Crippen MR) is 129 cm³/mol. The van der Waals surface area contributed by atoms with Crippen LogP contribution in [0.25, 0.3) is 55.6 Å². The number of fused-ring (bicyclic) bond motifs is 2. The van der Waals surface area contributed by atoms with E-state index in [9.17, 15) is 4.39 Å². The highest BCUT2D eigenvalue weighted by Crippen LogP contribution is 2.35. The van der Waals surface area contributed by atoms with Crippen molar-refractivity contribution in [2.24, 2.45) is 0 Å². The fourth-order valence-corrected chi connectivity index (χ4v) is 4.27. The lowest BCUT2D eigenvalue weighted by molar-refractivity contribution is 0.411. The van der Waals surface area contributed by atoms with Crippen LogP contribution >= 0.6 is 0 Å². The first kappa shape index (κ1) is 20.0. The fraction of sp³-hybridized carbons (Fsp3) is 0.0769. The van der Waals surface area contributed by atoms with Gasteiger partial charge in [0.25, 0.3) is 0 Å². The van der Waals surface area contributed by atoms with Crippen LogP contribution in [0.2, 0.25) is 0 Å². The van der Waals surface area contributed by atoms with Crippen LogP contribution in [-0.4, -0.2) is 37.2 Å². The highest BCUT2D eigenvalue weighted by atomic mass is 19.1. The van der Waals surface area contributed by atoms with Gasteiger partial charge in [-0.1, -0.05) is 0 Å². The van der Waals surface area contributed by atoms with Gasteiger partial charge >= 0.3 is 0 Å². The summed E-state index contributed by atoms with van der Waals surface area (Å²) in [5, 5.41) is 9.29. The Hall–Kier alpha value is -4.59. The summed E-state index contributed by atoms with van der Waals surface area (Å²) >= 11 is 0. The molecule has 0 aliphatic heterocycles. The molecule has 0 radical (unpaired) electrons. The Labute approximate surface area is 193 Å². The van der Waals surface area contributed by atoms with Crippen LogP contribution < -0.4 is 4.74 Å². The monoisotopic (exact) mass is 450 g/mol. The van der Waals surface area contributed by atoms with Crippen LogP contribution in [0.1, 0.15) is 5.56 Å². The summed E-state index contributed by atoms with van der Waals surface area (Å²) < 4.78 is 19.4. The minimum Gasteiger partial charge on any atom is -0.497 e. The lowest BCUT2D eigenvalue weighted by Crippen LogP contribution is -1.88. The van der Waals surface area contributed by atoms with E-state index in [1.807, 2.05) is 31.5 Å². The van der Waals surface area contributed by atoms with Crippen molar-refractivity contribution in [1.29, 1.82) is 0 Å². The Morgan fingerprint density at radius 2 is 1.76 bits per heavy atom. The second kappa shape index (κ2) is 7.77. The molecule has 5 heterocycles. The summed E-state index contributed by atoms with van der Waals surface area (Å²) in [6, 6.07) is 10.7. The lowest BCUT2D eigenvalue weighted by atomic mass is 10.0. The zero-order valence-electron chi connectivity index (χ0n) is 18.4. The number of benzene rings is 1. The van der Waals surface area contributed by atoms with E-state index >= 15 is 0 Å². The average molecular weight is 450 g/mol. The number of nitrogens with zero attached hydrogens (tertiary/aromatic N) is 4. The fourth-order valence-electron chi connectivity index (χ4n) is 4.27. The number of methoxy groups -OCH3 is 1. The first-order valence-electron chi connectivity index (χ1n) is 10.7. The highest BCUT2D eigenvalue weighted by Gasteiger charge is 2.16. The number of ether oxygens (including phenoxy) is 1. The molecule has 0 unspecified atom stereocenters. The zero-order valence-corrected chi connectivity index (χ0v) is 18.4. The molecule has 0 aliphatic rings. The molecule has 0 atom stereocenters. The van der Waals surface area contributed by atoms with E-state index < -0.39 is 0 Å². The maximum Gasteiger partial charge on any atom is 0.181 e. The minimum absolute atomic E-state index is 0.369. The molecule has 0 aliphatic carbocycles. The number of pyridine rings is 3. The molecule has 1 aromatic carbocycles. The van der Waals surface area contributed by atoms with E-state index in [0.29, 0.717) is 17.0 Å². The van der Waals surface area contributed by atoms with Crippen LogP contribution in [0.3, 0.4) is 0 Å². The minimum atomic E-state index is -0.369. The topological polar surface area (TPSA) is 92.4 Å². The van der Waals surface area contributed by atoms with E-state index in [4.69, 9.17) is 4.74 Å². The normalized spacial score (nSPS) is 11.4. The van der Waals surface area contributed by atoms with Gasteiger partial charge in [-0.05, 0) is 48.4 Å². The van der Waals surface area contributed by atoms with Crippen molar-refractivity contribution in [3.63, 3.8) is 0 Å². The van der Waals surface area contributed by atoms with E-state index in [0.717, 1.165) is 49.9 Å². The van der Waals surface area contributed by atoms with Gasteiger partial charge in [0.15, 0.2) is 5.65 Å². The number of aromatic nitrogens is 6. The van der Waals surface area contributed by atoms with Crippen molar-refractivity contribution in [2.75, 3.05) is 7.11 Å². The Balaban J connectivity index is 1.51. The molecule has 0 bridgehead atoms. The Kier molecular flexibility index (Phi) is 4.58. The lowest BCUT2D eigenvalue weighted by Gasteiger charge is -2.06. The van der Waals surface area contributed by atoms with Gasteiger partial charge in [0, 0.05) is 58.3 Å². The summed E-state index contributed by atoms with van der Waals surface area (Å²) in [6.45, 7) is 2.05. The van der Waals surface area contributed by atoms with Gasteiger partial charge in [0.05, 0.1) is 30.2 Å². The second-order valence-corrected chi connectivity index (χ2v) is 8.10. The Morgan fingerprint density at radius 1 is 0.882 bits per heavy atom. The number of rotatable bonds is 4. The smallest absolute Gasteiger partial charge is 0.181 e. The maximum atomic E-state index is 14.2. The first-order chi connectivity index (χ1) is 16.6. The summed E-state index contributed by atoms with van der Waals surface area (Å²) in [5.41, 5.74) is 7.67. The van der Waals surface area contributed by atoms with Crippen LogP contribution in [0.15, 0.2) is 67.4 Å². The number of aryl methyl sites for hydroxylation is 1. The molecule has 0 amide bonds. The van der Waals surface area contributed by atoms with Gasteiger partial charge in [-0.15, -0.1) is 0 Å². The second-order valence-electron chi connectivity index (χ2n) is 8.10. The van der Waals surface area contributed by atoms with Gasteiger partial charge in [-0.25, -0.2) is 9.37 Å². The van der Waals surface area contributed by atoms with Gasteiger partial charge in [-0.3, -0.25) is 15.1 Å². The third kappa shape index (κ3) is 3.27. The van der Waals surface area contributed by atoms with Crippen molar-refractivity contribution >= 4 is 21.9 Å². The van der Waals surface area contributed by atoms with Gasteiger partial charge in [0.1, 0.15) is 11.6 Å². The largest absolute Gasteiger partial charge is 0.497 e. The SMILES string of the molecule is COc1cc(F)cc(-c2cncc3[nH]c(-c4[nH]nc5ncc(-c6cnccc6C)cc45)cc23)c1. The van der Waals surface area contributed by atoms with Gasteiger partial charge in [0.2, 0.25) is 0 Å². The number of H-pyrrole nitrogens is 2. The van der Waals surface area contributed by atoms with Crippen LogP contribution in [-0.2, 0) is 0 Å². The summed E-state index contributed by atoms with van der Waals surface area (Å²) in [7, 11) is 1.52. The molecule has 6 aromatic rings. The number of nitrogens with one attached hydrogen (secondary N) is 2.